The molecular weight excluding hydrogens is 389 g/mol. The normalized spacial score (nSPS) is 11.1. The second kappa shape index (κ2) is 10.4. The van der Waals surface area contributed by atoms with Gasteiger partial charge in [0.05, 0.1) is 13.2 Å². The van der Waals surface area contributed by atoms with Gasteiger partial charge in [0.15, 0.2) is 5.96 Å². The van der Waals surface area contributed by atoms with Gasteiger partial charge in [-0.05, 0) is 23.3 Å². The smallest absolute Gasteiger partial charge is 0.191 e. The first kappa shape index (κ1) is 18.7. The first-order valence-corrected chi connectivity index (χ1v) is 7.33. The highest BCUT2D eigenvalue weighted by Crippen LogP contribution is 2.18. The van der Waals surface area contributed by atoms with Crippen LogP contribution in [-0.2, 0) is 11.3 Å². The van der Waals surface area contributed by atoms with E-state index in [1.165, 1.54) is 16.3 Å². The minimum Gasteiger partial charge on any atom is -0.383 e. The van der Waals surface area contributed by atoms with Crippen molar-refractivity contribution in [3.05, 3.63) is 48.0 Å². The summed E-state index contributed by atoms with van der Waals surface area (Å²) in [5.74, 6) is 0.822. The van der Waals surface area contributed by atoms with Crippen LogP contribution in [-0.4, -0.2) is 32.8 Å². The molecule has 0 saturated carbocycles. The number of benzene rings is 2. The molecule has 0 amide bonds. The maximum Gasteiger partial charge on any atom is 0.191 e. The van der Waals surface area contributed by atoms with Crippen molar-refractivity contribution in [2.45, 2.75) is 13.5 Å². The lowest BCUT2D eigenvalue weighted by Gasteiger charge is -2.11. The van der Waals surface area contributed by atoms with Gasteiger partial charge in [0.25, 0.3) is 0 Å². The van der Waals surface area contributed by atoms with Crippen molar-refractivity contribution in [2.75, 3.05) is 26.8 Å². The molecule has 5 heteroatoms. The van der Waals surface area contributed by atoms with Crippen molar-refractivity contribution >= 4 is 40.7 Å². The van der Waals surface area contributed by atoms with E-state index in [-0.39, 0.29) is 24.0 Å². The highest BCUT2D eigenvalue weighted by atomic mass is 127. The average Bonchev–Trinajstić information content (AvgIpc) is 2.53. The zero-order valence-electron chi connectivity index (χ0n) is 13.1. The topological polar surface area (TPSA) is 45.7 Å². The Labute approximate surface area is 149 Å². The number of methoxy groups -OCH3 is 1. The predicted octanol–water partition coefficient (Wildman–Crippen LogP) is 3.16. The van der Waals surface area contributed by atoms with E-state index < -0.39 is 0 Å². The molecule has 0 fully saturated rings. The molecular formula is C17H24IN3O. The van der Waals surface area contributed by atoms with Crippen LogP contribution in [0.3, 0.4) is 0 Å². The predicted molar refractivity (Wildman–Crippen MR) is 104 cm³/mol. The summed E-state index contributed by atoms with van der Waals surface area (Å²) in [7, 11) is 1.70. The Morgan fingerprint density at radius 2 is 1.86 bits per heavy atom. The van der Waals surface area contributed by atoms with E-state index in [0.717, 1.165) is 19.0 Å². The van der Waals surface area contributed by atoms with Crippen molar-refractivity contribution in [1.82, 2.24) is 10.6 Å². The van der Waals surface area contributed by atoms with E-state index in [4.69, 9.17) is 4.74 Å². The lowest BCUT2D eigenvalue weighted by atomic mass is 10.1. The van der Waals surface area contributed by atoms with Gasteiger partial charge in [-0.15, -0.1) is 24.0 Å². The molecule has 0 atom stereocenters. The molecule has 2 aromatic rings. The summed E-state index contributed by atoms with van der Waals surface area (Å²) in [5, 5.41) is 9.01. The Balaban J connectivity index is 0.00000242. The number of fused-ring (bicyclic) bond motifs is 1. The third-order valence-corrected chi connectivity index (χ3v) is 3.23. The van der Waals surface area contributed by atoms with E-state index in [0.29, 0.717) is 13.2 Å². The molecule has 0 aliphatic rings. The van der Waals surface area contributed by atoms with Gasteiger partial charge in [0.2, 0.25) is 0 Å². The zero-order chi connectivity index (χ0) is 14.9. The number of rotatable bonds is 6. The molecule has 2 N–H and O–H groups in total. The summed E-state index contributed by atoms with van der Waals surface area (Å²) in [4.78, 5) is 4.64. The van der Waals surface area contributed by atoms with Gasteiger partial charge in [-0.25, -0.2) is 4.99 Å². The van der Waals surface area contributed by atoms with Gasteiger partial charge in [-0.2, -0.15) is 0 Å². The van der Waals surface area contributed by atoms with Crippen molar-refractivity contribution in [1.29, 1.82) is 0 Å². The third kappa shape index (κ3) is 5.46. The molecule has 2 rings (SSSR count). The van der Waals surface area contributed by atoms with Crippen LogP contribution < -0.4 is 10.6 Å². The van der Waals surface area contributed by atoms with Crippen LogP contribution >= 0.6 is 24.0 Å². The van der Waals surface area contributed by atoms with Gasteiger partial charge in [0, 0.05) is 20.2 Å². The Morgan fingerprint density at radius 1 is 1.09 bits per heavy atom. The Morgan fingerprint density at radius 3 is 2.64 bits per heavy atom. The van der Waals surface area contributed by atoms with Crippen LogP contribution in [0.4, 0.5) is 0 Å². The molecule has 4 nitrogen and oxygen atoms in total. The lowest BCUT2D eigenvalue weighted by molar-refractivity contribution is 0.203. The minimum absolute atomic E-state index is 0. The SMILES string of the molecule is CCNC(=NCc1cccc2ccccc12)NCCOC.I. The van der Waals surface area contributed by atoms with Crippen LogP contribution in [0.15, 0.2) is 47.5 Å². The minimum atomic E-state index is 0. The number of nitrogens with zero attached hydrogens (tertiary/aromatic N) is 1. The van der Waals surface area contributed by atoms with Crippen molar-refractivity contribution in [3.8, 4) is 0 Å². The van der Waals surface area contributed by atoms with Gasteiger partial charge in [0.1, 0.15) is 0 Å². The Kier molecular flexibility index (Phi) is 8.84. The molecule has 120 valence electrons. The fourth-order valence-electron chi connectivity index (χ4n) is 2.21. The third-order valence-electron chi connectivity index (χ3n) is 3.23. The molecule has 0 bridgehead atoms. The number of ether oxygens (including phenoxy) is 1. The van der Waals surface area contributed by atoms with Gasteiger partial charge >= 0.3 is 0 Å². The molecule has 0 aromatic heterocycles. The van der Waals surface area contributed by atoms with Crippen LogP contribution in [0, 0.1) is 0 Å². The fraction of sp³-hybridized carbons (Fsp3) is 0.353. The Hall–Kier alpha value is -1.34. The zero-order valence-corrected chi connectivity index (χ0v) is 15.5. The summed E-state index contributed by atoms with van der Waals surface area (Å²) >= 11 is 0. The van der Waals surface area contributed by atoms with Crippen molar-refractivity contribution in [2.24, 2.45) is 4.99 Å². The van der Waals surface area contributed by atoms with Gasteiger partial charge in [-0.1, -0.05) is 42.5 Å². The number of halogens is 1. The molecule has 0 radical (unpaired) electrons. The summed E-state index contributed by atoms with van der Waals surface area (Å²) in [6.45, 7) is 4.97. The van der Waals surface area contributed by atoms with E-state index in [1.54, 1.807) is 7.11 Å². The summed E-state index contributed by atoms with van der Waals surface area (Å²) in [6.07, 6.45) is 0. The fourth-order valence-corrected chi connectivity index (χ4v) is 2.21. The van der Waals surface area contributed by atoms with Crippen molar-refractivity contribution in [3.63, 3.8) is 0 Å². The summed E-state index contributed by atoms with van der Waals surface area (Å²) < 4.78 is 5.05. The first-order chi connectivity index (χ1) is 10.3. The standard InChI is InChI=1S/C17H23N3O.HI/c1-3-18-17(19-11-12-21-2)20-13-15-9-6-8-14-7-4-5-10-16(14)15;/h4-10H,3,11-13H2,1-2H3,(H2,18,19,20);1H. The van der Waals surface area contributed by atoms with E-state index in [1.807, 2.05) is 0 Å². The summed E-state index contributed by atoms with van der Waals surface area (Å²) in [5.41, 5.74) is 1.23. The number of hydrogen-bond donors (Lipinski definition) is 2. The molecule has 0 spiro atoms. The van der Waals surface area contributed by atoms with Crippen LogP contribution in [0.1, 0.15) is 12.5 Å². The lowest BCUT2D eigenvalue weighted by Crippen LogP contribution is -2.38. The first-order valence-electron chi connectivity index (χ1n) is 7.33. The van der Waals surface area contributed by atoms with Crippen molar-refractivity contribution < 1.29 is 4.74 Å². The highest BCUT2D eigenvalue weighted by Gasteiger charge is 2.01. The molecule has 0 heterocycles. The molecule has 22 heavy (non-hydrogen) atoms. The maximum absolute atomic E-state index is 5.05. The van der Waals surface area contributed by atoms with Gasteiger partial charge in [-0.3, -0.25) is 0 Å². The molecule has 0 saturated heterocycles. The number of guanidine groups is 1. The van der Waals surface area contributed by atoms with E-state index >= 15 is 0 Å². The second-order valence-electron chi connectivity index (χ2n) is 4.75. The van der Waals surface area contributed by atoms with Crippen LogP contribution in [0.25, 0.3) is 10.8 Å². The monoisotopic (exact) mass is 413 g/mol. The number of aliphatic imine (C=N–C) groups is 1. The maximum atomic E-state index is 5.05. The molecule has 0 aliphatic heterocycles. The molecule has 0 aliphatic carbocycles. The Bertz CT molecular complexity index is 596. The van der Waals surface area contributed by atoms with Crippen LogP contribution in [0.2, 0.25) is 0 Å². The van der Waals surface area contributed by atoms with Gasteiger partial charge < -0.3 is 15.4 Å². The second-order valence-corrected chi connectivity index (χ2v) is 4.75. The van der Waals surface area contributed by atoms with Crippen LogP contribution in [0.5, 0.6) is 0 Å². The van der Waals surface area contributed by atoms with E-state index in [9.17, 15) is 0 Å². The molecule has 0 unspecified atom stereocenters. The number of hydrogen-bond acceptors (Lipinski definition) is 2. The number of nitrogens with one attached hydrogen (secondary N) is 2. The summed E-state index contributed by atoms with van der Waals surface area (Å²) in [6, 6.07) is 14.7. The molecule has 2 aromatic carbocycles. The highest BCUT2D eigenvalue weighted by molar-refractivity contribution is 14.0. The average molecular weight is 413 g/mol. The quantitative estimate of drug-likeness (QED) is 0.331. The van der Waals surface area contributed by atoms with E-state index in [2.05, 4.69) is 65.0 Å². The largest absolute Gasteiger partial charge is 0.383 e.